The van der Waals surface area contributed by atoms with Gasteiger partial charge >= 0.3 is 6.03 Å². The number of aromatic nitrogens is 1. The second-order valence-corrected chi connectivity index (χ2v) is 8.06. The molecule has 3 amide bonds. The van der Waals surface area contributed by atoms with E-state index < -0.39 is 0 Å². The number of H-pyrrole nitrogens is 1. The van der Waals surface area contributed by atoms with Crippen molar-refractivity contribution in [2.24, 2.45) is 0 Å². The van der Waals surface area contributed by atoms with E-state index in [4.69, 9.17) is 9.47 Å². The third-order valence-corrected chi connectivity index (χ3v) is 6.10. The lowest BCUT2D eigenvalue weighted by Crippen LogP contribution is -2.53. The molecule has 1 aliphatic heterocycles. The first-order valence-electron chi connectivity index (χ1n) is 11.2. The van der Waals surface area contributed by atoms with Crippen LogP contribution in [0.5, 0.6) is 11.5 Å². The number of hydrogen-bond acceptors (Lipinski definition) is 4. The molecule has 0 bridgehead atoms. The molecule has 8 nitrogen and oxygen atoms in total. The molecular formula is C25H30N4O4. The summed E-state index contributed by atoms with van der Waals surface area (Å²) in [6.07, 6.45) is 2.92. The highest BCUT2D eigenvalue weighted by molar-refractivity contribution is 5.89. The summed E-state index contributed by atoms with van der Waals surface area (Å²) in [5.41, 5.74) is 3.05. The van der Waals surface area contributed by atoms with E-state index in [1.165, 1.54) is 0 Å². The van der Waals surface area contributed by atoms with Crippen LogP contribution in [0.3, 0.4) is 0 Å². The van der Waals surface area contributed by atoms with Crippen LogP contribution in [0, 0.1) is 0 Å². The van der Waals surface area contributed by atoms with Crippen LogP contribution in [-0.2, 0) is 17.6 Å². The molecule has 2 N–H and O–H groups in total. The van der Waals surface area contributed by atoms with Gasteiger partial charge in [0.2, 0.25) is 5.91 Å². The van der Waals surface area contributed by atoms with Gasteiger partial charge in [0.25, 0.3) is 0 Å². The van der Waals surface area contributed by atoms with Crippen LogP contribution in [0.25, 0.3) is 10.9 Å². The van der Waals surface area contributed by atoms with Crippen molar-refractivity contribution in [2.75, 3.05) is 46.9 Å². The van der Waals surface area contributed by atoms with Gasteiger partial charge in [0, 0.05) is 55.9 Å². The molecule has 2 aromatic carbocycles. The van der Waals surface area contributed by atoms with Crippen LogP contribution in [-0.4, -0.2) is 73.7 Å². The average Bonchev–Trinajstić information content (AvgIpc) is 3.26. The van der Waals surface area contributed by atoms with Crippen LogP contribution >= 0.6 is 0 Å². The van der Waals surface area contributed by atoms with E-state index in [2.05, 4.69) is 10.3 Å². The summed E-state index contributed by atoms with van der Waals surface area (Å²) in [4.78, 5) is 32.2. The van der Waals surface area contributed by atoms with Gasteiger partial charge in [-0.3, -0.25) is 4.79 Å². The Hall–Kier alpha value is -3.68. The molecule has 0 aliphatic carbocycles. The number of aromatic amines is 1. The van der Waals surface area contributed by atoms with Crippen molar-refractivity contribution < 1.29 is 19.1 Å². The number of benzene rings is 2. The number of carbonyl (C=O) groups excluding carboxylic acids is 2. The predicted molar refractivity (Wildman–Crippen MR) is 127 cm³/mol. The highest BCUT2D eigenvalue weighted by atomic mass is 16.5. The lowest BCUT2D eigenvalue weighted by atomic mass is 10.1. The molecule has 1 fully saturated rings. The molecule has 0 spiro atoms. The summed E-state index contributed by atoms with van der Waals surface area (Å²) < 4.78 is 10.6. The van der Waals surface area contributed by atoms with Crippen LogP contribution in [0.15, 0.2) is 48.7 Å². The van der Waals surface area contributed by atoms with Crippen molar-refractivity contribution in [3.63, 3.8) is 0 Å². The van der Waals surface area contributed by atoms with E-state index in [9.17, 15) is 9.59 Å². The van der Waals surface area contributed by atoms with E-state index in [0.717, 1.165) is 33.5 Å². The number of piperazine rings is 1. The first-order valence-corrected chi connectivity index (χ1v) is 11.2. The maximum absolute atomic E-state index is 12.8. The van der Waals surface area contributed by atoms with Gasteiger partial charge in [-0.2, -0.15) is 0 Å². The third kappa shape index (κ3) is 5.22. The van der Waals surface area contributed by atoms with Gasteiger partial charge in [0.1, 0.15) is 11.5 Å². The molecule has 1 aliphatic rings. The molecule has 4 rings (SSSR count). The fourth-order valence-electron chi connectivity index (χ4n) is 4.19. The monoisotopic (exact) mass is 450 g/mol. The van der Waals surface area contributed by atoms with E-state index in [-0.39, 0.29) is 11.9 Å². The van der Waals surface area contributed by atoms with Gasteiger partial charge in [-0.1, -0.05) is 24.3 Å². The van der Waals surface area contributed by atoms with Crippen LogP contribution < -0.4 is 14.8 Å². The largest absolute Gasteiger partial charge is 0.497 e. The second-order valence-electron chi connectivity index (χ2n) is 8.06. The molecule has 3 aromatic rings. The number of para-hydroxylation sites is 1. The van der Waals surface area contributed by atoms with Gasteiger partial charge in [0.15, 0.2) is 0 Å². The minimum Gasteiger partial charge on any atom is -0.497 e. The first kappa shape index (κ1) is 22.5. The topological polar surface area (TPSA) is 86.9 Å². The summed E-state index contributed by atoms with van der Waals surface area (Å²) in [6.45, 7) is 2.64. The van der Waals surface area contributed by atoms with Gasteiger partial charge < -0.3 is 29.6 Å². The lowest BCUT2D eigenvalue weighted by molar-refractivity contribution is -0.131. The Kier molecular flexibility index (Phi) is 7.02. The molecule has 8 heteroatoms. The van der Waals surface area contributed by atoms with Gasteiger partial charge in [-0.05, 0) is 29.7 Å². The molecule has 174 valence electrons. The summed E-state index contributed by atoms with van der Waals surface area (Å²) in [5, 5.41) is 4.05. The van der Waals surface area contributed by atoms with Gasteiger partial charge in [-0.15, -0.1) is 0 Å². The maximum Gasteiger partial charge on any atom is 0.317 e. The average molecular weight is 451 g/mol. The lowest BCUT2D eigenvalue weighted by Gasteiger charge is -2.34. The van der Waals surface area contributed by atoms with E-state index in [1.54, 1.807) is 19.1 Å². The number of fused-ring (bicyclic) bond motifs is 1. The zero-order chi connectivity index (χ0) is 23.2. The molecule has 1 saturated heterocycles. The van der Waals surface area contributed by atoms with E-state index in [0.29, 0.717) is 45.6 Å². The number of amides is 3. The Morgan fingerprint density at radius 2 is 1.73 bits per heavy atom. The molecule has 0 radical (unpaired) electrons. The Morgan fingerprint density at radius 3 is 2.48 bits per heavy atom. The number of urea groups is 1. The Bertz CT molecular complexity index is 1120. The Morgan fingerprint density at radius 1 is 0.970 bits per heavy atom. The molecule has 0 saturated carbocycles. The fourth-order valence-corrected chi connectivity index (χ4v) is 4.19. The van der Waals surface area contributed by atoms with Crippen molar-refractivity contribution in [1.29, 1.82) is 0 Å². The molecule has 0 unspecified atom stereocenters. The maximum atomic E-state index is 12.8. The van der Waals surface area contributed by atoms with Crippen molar-refractivity contribution in [1.82, 2.24) is 20.1 Å². The third-order valence-electron chi connectivity index (χ3n) is 6.10. The van der Waals surface area contributed by atoms with Crippen molar-refractivity contribution in [3.05, 3.63) is 59.8 Å². The molecule has 2 heterocycles. The number of nitrogens with one attached hydrogen (secondary N) is 2. The summed E-state index contributed by atoms with van der Waals surface area (Å²) in [7, 11) is 3.24. The first-order chi connectivity index (χ1) is 16.1. The Labute approximate surface area is 193 Å². The van der Waals surface area contributed by atoms with E-state index >= 15 is 0 Å². The van der Waals surface area contributed by atoms with Gasteiger partial charge in [-0.25, -0.2) is 4.79 Å². The van der Waals surface area contributed by atoms with Crippen molar-refractivity contribution >= 4 is 22.8 Å². The minimum atomic E-state index is -0.105. The molecule has 33 heavy (non-hydrogen) atoms. The summed E-state index contributed by atoms with van der Waals surface area (Å²) in [5.74, 6) is 1.56. The number of carbonyl (C=O) groups is 2. The van der Waals surface area contributed by atoms with Crippen molar-refractivity contribution in [2.45, 2.75) is 12.8 Å². The normalized spacial score (nSPS) is 13.8. The number of nitrogens with zero attached hydrogens (tertiary/aromatic N) is 2. The Balaban J connectivity index is 1.23. The second kappa shape index (κ2) is 10.3. The number of methoxy groups -OCH3 is 2. The zero-order valence-electron chi connectivity index (χ0n) is 19.1. The highest BCUT2D eigenvalue weighted by Crippen LogP contribution is 2.24. The van der Waals surface area contributed by atoms with Crippen LogP contribution in [0.1, 0.15) is 11.1 Å². The number of hydrogen-bond donors (Lipinski definition) is 2. The predicted octanol–water partition coefficient (Wildman–Crippen LogP) is 2.82. The smallest absolute Gasteiger partial charge is 0.317 e. The minimum absolute atomic E-state index is 0.0893. The van der Waals surface area contributed by atoms with Gasteiger partial charge in [0.05, 0.1) is 20.6 Å². The summed E-state index contributed by atoms with van der Waals surface area (Å²) >= 11 is 0. The fraction of sp³-hybridized carbons (Fsp3) is 0.360. The molecule has 1 aromatic heterocycles. The van der Waals surface area contributed by atoms with Crippen molar-refractivity contribution in [3.8, 4) is 11.5 Å². The van der Waals surface area contributed by atoms with Crippen LogP contribution in [0.4, 0.5) is 4.79 Å². The molecular weight excluding hydrogens is 420 g/mol. The molecule has 0 atom stereocenters. The highest BCUT2D eigenvalue weighted by Gasteiger charge is 2.24. The summed E-state index contributed by atoms with van der Waals surface area (Å²) in [6, 6.07) is 13.5. The van der Waals surface area contributed by atoms with Crippen LogP contribution in [0.2, 0.25) is 0 Å². The number of ether oxygens (including phenoxy) is 2. The SMILES string of the molecule is COc1ccc(CCNC(=O)N2CCN(C(=O)Cc3c[nH]c4ccccc34)CC2)c(OC)c1. The zero-order valence-corrected chi connectivity index (χ0v) is 19.1. The standard InChI is InChI=1S/C25H30N4O4/c1-32-20-8-7-18(23(16-20)33-2)9-10-26-25(31)29-13-11-28(12-14-29)24(30)15-19-17-27-22-6-4-3-5-21(19)22/h3-8,16-17,27H,9-15H2,1-2H3,(H,26,31). The quantitative estimate of drug-likeness (QED) is 0.580. The van der Waals surface area contributed by atoms with E-state index in [1.807, 2.05) is 53.6 Å². The number of rotatable bonds is 7.